The largest absolute Gasteiger partial charge is 0.379 e. The summed E-state index contributed by atoms with van der Waals surface area (Å²) < 4.78 is 12.8. The molecule has 1 N–H and O–H groups in total. The van der Waals surface area contributed by atoms with Gasteiger partial charge in [-0.3, -0.25) is 0 Å². The molecule has 1 saturated heterocycles. The smallest absolute Gasteiger partial charge is 0.128 e. The quantitative estimate of drug-likeness (QED) is 0.599. The molecule has 2 heterocycles. The van der Waals surface area contributed by atoms with Crippen LogP contribution in [-0.4, -0.2) is 43.0 Å². The molecule has 0 spiro atoms. The number of benzene rings is 2. The van der Waals surface area contributed by atoms with Gasteiger partial charge in [0, 0.05) is 18.9 Å². The molecule has 3 fully saturated rings. The Balaban J connectivity index is 1.27. The molecule has 6 rings (SSSR count). The van der Waals surface area contributed by atoms with E-state index in [0.717, 1.165) is 43.7 Å². The lowest BCUT2D eigenvalue weighted by Crippen LogP contribution is -2.61. The van der Waals surface area contributed by atoms with Gasteiger partial charge >= 0.3 is 0 Å². The van der Waals surface area contributed by atoms with E-state index in [1.165, 1.54) is 18.4 Å². The second-order valence-corrected chi connectivity index (χ2v) is 11.1. The van der Waals surface area contributed by atoms with Crippen LogP contribution in [0.15, 0.2) is 73.1 Å². The zero-order valence-electron chi connectivity index (χ0n) is 20.4. The monoisotopic (exact) mass is 469 g/mol. The third-order valence-corrected chi connectivity index (χ3v) is 8.79. The summed E-state index contributed by atoms with van der Waals surface area (Å²) >= 11 is 0. The van der Waals surface area contributed by atoms with Crippen LogP contribution < -0.4 is 5.32 Å². The molecule has 182 valence electrons. The molecule has 5 nitrogen and oxygen atoms in total. The maximum Gasteiger partial charge on any atom is 0.128 e. The lowest BCUT2D eigenvalue weighted by molar-refractivity contribution is -0.174. The molecule has 2 aliphatic heterocycles. The fourth-order valence-electron chi connectivity index (χ4n) is 6.20. The summed E-state index contributed by atoms with van der Waals surface area (Å²) in [7, 11) is 0. The highest BCUT2D eigenvalue weighted by Crippen LogP contribution is 2.48. The molecular weight excluding hydrogens is 434 g/mol. The fourth-order valence-corrected chi connectivity index (χ4v) is 6.20. The Labute approximate surface area is 208 Å². The molecule has 2 aromatic carbocycles. The van der Waals surface area contributed by atoms with E-state index in [-0.39, 0.29) is 17.2 Å². The first-order valence-electron chi connectivity index (χ1n) is 13.1. The van der Waals surface area contributed by atoms with E-state index in [0.29, 0.717) is 19.8 Å². The minimum absolute atomic E-state index is 0.0925. The van der Waals surface area contributed by atoms with Crippen LogP contribution in [0.5, 0.6) is 0 Å². The molecule has 4 aliphatic rings. The lowest BCUT2D eigenvalue weighted by Gasteiger charge is -2.51. The van der Waals surface area contributed by atoms with Gasteiger partial charge in [0.2, 0.25) is 0 Å². The molecule has 5 heteroatoms. The number of hydrogen-bond donors (Lipinski definition) is 1. The molecule has 0 aromatic heterocycles. The number of nitrogens with zero attached hydrogens (tertiary/aromatic N) is 2. The van der Waals surface area contributed by atoms with E-state index in [2.05, 4.69) is 71.2 Å². The number of nitrogens with one attached hydrogen (secondary N) is 1. The van der Waals surface area contributed by atoms with Gasteiger partial charge in [0.15, 0.2) is 0 Å². The molecular formula is C30H35N3O2. The molecule has 0 amide bonds. The molecule has 1 unspecified atom stereocenters. The minimum atomic E-state index is -0.446. The maximum absolute atomic E-state index is 10.3. The second kappa shape index (κ2) is 9.00. The van der Waals surface area contributed by atoms with E-state index in [4.69, 9.17) is 9.47 Å². The number of ether oxygens (including phenoxy) is 2. The Morgan fingerprint density at radius 1 is 0.943 bits per heavy atom. The van der Waals surface area contributed by atoms with Crippen molar-refractivity contribution in [2.75, 3.05) is 26.4 Å². The van der Waals surface area contributed by atoms with Gasteiger partial charge in [-0.15, -0.1) is 0 Å². The van der Waals surface area contributed by atoms with Gasteiger partial charge in [-0.2, -0.15) is 5.26 Å². The van der Waals surface area contributed by atoms with E-state index in [1.807, 2.05) is 18.2 Å². The van der Waals surface area contributed by atoms with Crippen LogP contribution in [0.4, 0.5) is 0 Å². The van der Waals surface area contributed by atoms with Crippen LogP contribution in [0.3, 0.4) is 0 Å². The van der Waals surface area contributed by atoms with Crippen LogP contribution in [-0.2, 0) is 20.3 Å². The highest BCUT2D eigenvalue weighted by molar-refractivity contribution is 5.34. The van der Waals surface area contributed by atoms with Crippen molar-refractivity contribution in [3.05, 3.63) is 84.2 Å². The lowest BCUT2D eigenvalue weighted by atomic mass is 9.65. The van der Waals surface area contributed by atoms with Crippen molar-refractivity contribution in [1.29, 1.82) is 5.26 Å². The van der Waals surface area contributed by atoms with Crippen molar-refractivity contribution in [3.63, 3.8) is 0 Å². The van der Waals surface area contributed by atoms with Crippen LogP contribution in [0, 0.1) is 17.2 Å². The molecule has 2 aliphatic carbocycles. The fraction of sp³-hybridized carbons (Fsp3) is 0.500. The number of nitriles is 1. The van der Waals surface area contributed by atoms with Crippen molar-refractivity contribution in [2.24, 2.45) is 5.92 Å². The van der Waals surface area contributed by atoms with Gasteiger partial charge in [0.25, 0.3) is 0 Å². The van der Waals surface area contributed by atoms with Crippen LogP contribution in [0.1, 0.15) is 49.7 Å². The van der Waals surface area contributed by atoms with Crippen molar-refractivity contribution in [2.45, 2.75) is 61.1 Å². The Hall–Kier alpha value is -2.81. The van der Waals surface area contributed by atoms with Crippen LogP contribution in [0.2, 0.25) is 0 Å². The summed E-state index contributed by atoms with van der Waals surface area (Å²) in [6.45, 7) is 3.11. The van der Waals surface area contributed by atoms with E-state index >= 15 is 0 Å². The summed E-state index contributed by atoms with van der Waals surface area (Å²) in [5, 5.41) is 14.0. The summed E-state index contributed by atoms with van der Waals surface area (Å²) in [6.07, 6.45) is 10.3. The summed E-state index contributed by atoms with van der Waals surface area (Å²) in [5.74, 6) is 0.793. The molecule has 1 atom stereocenters. The maximum atomic E-state index is 10.3. The molecule has 0 radical (unpaired) electrons. The van der Waals surface area contributed by atoms with E-state index < -0.39 is 5.41 Å². The molecule has 2 aromatic rings. The second-order valence-electron chi connectivity index (χ2n) is 11.1. The first-order valence-corrected chi connectivity index (χ1v) is 13.1. The van der Waals surface area contributed by atoms with Gasteiger partial charge in [-0.25, -0.2) is 0 Å². The van der Waals surface area contributed by atoms with Crippen LogP contribution >= 0.6 is 0 Å². The first kappa shape index (κ1) is 22.6. The van der Waals surface area contributed by atoms with Crippen LogP contribution in [0.25, 0.3) is 0 Å². The third kappa shape index (κ3) is 4.13. The zero-order valence-corrected chi connectivity index (χ0v) is 20.4. The van der Waals surface area contributed by atoms with Gasteiger partial charge in [-0.05, 0) is 55.6 Å². The Bertz CT molecular complexity index is 1080. The van der Waals surface area contributed by atoms with Crippen molar-refractivity contribution in [1.82, 2.24) is 10.2 Å². The topological polar surface area (TPSA) is 57.5 Å². The number of rotatable bonds is 8. The third-order valence-electron chi connectivity index (χ3n) is 8.79. The van der Waals surface area contributed by atoms with Crippen molar-refractivity contribution >= 4 is 0 Å². The number of hydrogen-bond acceptors (Lipinski definition) is 5. The Morgan fingerprint density at radius 3 is 2.17 bits per heavy atom. The molecule has 0 bridgehead atoms. The minimum Gasteiger partial charge on any atom is -0.379 e. The summed E-state index contributed by atoms with van der Waals surface area (Å²) in [6, 6.07) is 23.7. The van der Waals surface area contributed by atoms with E-state index in [9.17, 15) is 5.26 Å². The van der Waals surface area contributed by atoms with Crippen molar-refractivity contribution < 1.29 is 9.47 Å². The summed E-state index contributed by atoms with van der Waals surface area (Å²) in [4.78, 5) is 2.46. The normalized spacial score (nSPS) is 31.4. The average Bonchev–Trinajstić information content (AvgIpc) is 3.59. The average molecular weight is 470 g/mol. The Morgan fingerprint density at radius 2 is 1.60 bits per heavy atom. The summed E-state index contributed by atoms with van der Waals surface area (Å²) in [5.41, 5.74) is 1.53. The van der Waals surface area contributed by atoms with Crippen molar-refractivity contribution in [3.8, 4) is 6.07 Å². The van der Waals surface area contributed by atoms with Gasteiger partial charge in [-0.1, -0.05) is 60.7 Å². The Kier molecular flexibility index (Phi) is 5.82. The molecule has 35 heavy (non-hydrogen) atoms. The standard InChI is InChI=1S/C30H35N3O2/c31-20-28(25-7-3-1-4-8-25)13-15-30(16-14-28,27-32-17-18-33(27)19-24-11-12-24)35-23-29(21-34-22-29)26-9-5-2-6-10-26/h1-10,17-18,24,27,32H,11-16,19,21-23H2. The first-order chi connectivity index (χ1) is 17.2. The van der Waals surface area contributed by atoms with E-state index in [1.54, 1.807) is 0 Å². The predicted molar refractivity (Wildman–Crippen MR) is 135 cm³/mol. The predicted octanol–water partition coefficient (Wildman–Crippen LogP) is 4.86. The zero-order chi connectivity index (χ0) is 23.8. The molecule has 2 saturated carbocycles. The van der Waals surface area contributed by atoms with Gasteiger partial charge < -0.3 is 19.7 Å². The van der Waals surface area contributed by atoms with Gasteiger partial charge in [0.05, 0.1) is 36.7 Å². The highest BCUT2D eigenvalue weighted by atomic mass is 16.5. The van der Waals surface area contributed by atoms with Gasteiger partial charge in [0.1, 0.15) is 11.8 Å². The highest BCUT2D eigenvalue weighted by Gasteiger charge is 2.53. The SMILES string of the molecule is N#CC1(c2ccccc2)CCC(OCC2(c3ccccc3)COC2)(C2NC=CN2CC2CC2)CC1.